The molecule has 0 aliphatic carbocycles. The van der Waals surface area contributed by atoms with Crippen LogP contribution in [0.25, 0.3) is 0 Å². The van der Waals surface area contributed by atoms with Crippen molar-refractivity contribution in [1.82, 2.24) is 4.90 Å². The molecule has 1 aliphatic rings. The second-order valence-electron chi connectivity index (χ2n) is 5.03. The number of hydrogen-bond acceptors (Lipinski definition) is 3. The van der Waals surface area contributed by atoms with Crippen LogP contribution in [-0.2, 0) is 6.61 Å². The fourth-order valence-electron chi connectivity index (χ4n) is 2.42. The smallest absolute Gasteiger partial charge is 0.0681 e. The summed E-state index contributed by atoms with van der Waals surface area (Å²) in [5.41, 5.74) is 2.25. The largest absolute Gasteiger partial charge is 0.392 e. The molecule has 0 spiro atoms. The molecule has 3 heteroatoms. The zero-order chi connectivity index (χ0) is 12.3. The Morgan fingerprint density at radius 3 is 2.59 bits per heavy atom. The quantitative estimate of drug-likeness (QED) is 0.862. The van der Waals surface area contributed by atoms with Gasteiger partial charge in [-0.2, -0.15) is 0 Å². The first-order chi connectivity index (χ1) is 8.20. The highest BCUT2D eigenvalue weighted by atomic mass is 16.3. The second kappa shape index (κ2) is 5.52. The van der Waals surface area contributed by atoms with E-state index in [9.17, 15) is 0 Å². The molecule has 0 aromatic heterocycles. The summed E-state index contributed by atoms with van der Waals surface area (Å²) < 4.78 is 0. The lowest BCUT2D eigenvalue weighted by Gasteiger charge is -2.37. The maximum absolute atomic E-state index is 9.03. The minimum Gasteiger partial charge on any atom is -0.392 e. The van der Waals surface area contributed by atoms with Gasteiger partial charge in [-0.1, -0.05) is 12.1 Å². The van der Waals surface area contributed by atoms with Crippen molar-refractivity contribution < 1.29 is 5.11 Å². The predicted octanol–water partition coefficient (Wildman–Crippen LogP) is 1.71. The zero-order valence-electron chi connectivity index (χ0n) is 10.8. The van der Waals surface area contributed by atoms with E-state index in [2.05, 4.69) is 36.0 Å². The number of hydrogen-bond donors (Lipinski definition) is 1. The first-order valence-electron chi connectivity index (χ1n) is 6.32. The molecule has 1 heterocycles. The van der Waals surface area contributed by atoms with Crippen LogP contribution in [0.1, 0.15) is 18.4 Å². The van der Waals surface area contributed by atoms with Crippen LogP contribution in [0.4, 0.5) is 5.69 Å². The van der Waals surface area contributed by atoms with Gasteiger partial charge in [0.2, 0.25) is 0 Å². The van der Waals surface area contributed by atoms with Crippen molar-refractivity contribution in [3.63, 3.8) is 0 Å². The SMILES string of the molecule is CN(C)C1CCCN(c2ccc(CO)cc2)C1. The average Bonchev–Trinajstić information content (AvgIpc) is 2.39. The minimum atomic E-state index is 0.126. The fourth-order valence-corrected chi connectivity index (χ4v) is 2.42. The molecule has 0 saturated carbocycles. The highest BCUT2D eigenvalue weighted by Crippen LogP contribution is 2.22. The Morgan fingerprint density at radius 1 is 1.29 bits per heavy atom. The summed E-state index contributed by atoms with van der Waals surface area (Å²) in [6, 6.07) is 8.90. The number of piperidine rings is 1. The van der Waals surface area contributed by atoms with Crippen molar-refractivity contribution in [2.75, 3.05) is 32.1 Å². The van der Waals surface area contributed by atoms with Crippen LogP contribution in [0, 0.1) is 0 Å². The molecule has 1 saturated heterocycles. The summed E-state index contributed by atoms with van der Waals surface area (Å²) in [6.07, 6.45) is 2.54. The predicted molar refractivity (Wildman–Crippen MR) is 71.3 cm³/mol. The van der Waals surface area contributed by atoms with E-state index in [4.69, 9.17) is 5.11 Å². The Morgan fingerprint density at radius 2 is 2.00 bits per heavy atom. The van der Waals surface area contributed by atoms with Crippen molar-refractivity contribution >= 4 is 5.69 Å². The third-order valence-electron chi connectivity index (χ3n) is 3.61. The Bertz CT molecular complexity index is 348. The number of rotatable bonds is 3. The molecule has 17 heavy (non-hydrogen) atoms. The number of aliphatic hydroxyl groups is 1. The van der Waals surface area contributed by atoms with E-state index in [-0.39, 0.29) is 6.61 Å². The van der Waals surface area contributed by atoms with Gasteiger partial charge in [-0.3, -0.25) is 0 Å². The lowest BCUT2D eigenvalue weighted by molar-refractivity contribution is 0.258. The molecule has 1 aromatic rings. The monoisotopic (exact) mass is 234 g/mol. The molecule has 0 amide bonds. The van der Waals surface area contributed by atoms with Crippen molar-refractivity contribution in [1.29, 1.82) is 0 Å². The molecule has 1 unspecified atom stereocenters. The summed E-state index contributed by atoms with van der Waals surface area (Å²) >= 11 is 0. The number of nitrogens with zero attached hydrogens (tertiary/aromatic N) is 2. The molecule has 94 valence electrons. The zero-order valence-corrected chi connectivity index (χ0v) is 10.8. The van der Waals surface area contributed by atoms with Crippen LogP contribution in [0.15, 0.2) is 24.3 Å². The summed E-state index contributed by atoms with van der Waals surface area (Å²) in [5.74, 6) is 0. The molecular formula is C14H22N2O. The van der Waals surface area contributed by atoms with Gasteiger partial charge in [0.25, 0.3) is 0 Å². The van der Waals surface area contributed by atoms with E-state index in [1.165, 1.54) is 18.5 Å². The molecule has 1 aliphatic heterocycles. The summed E-state index contributed by atoms with van der Waals surface area (Å²) in [6.45, 7) is 2.37. The van der Waals surface area contributed by atoms with Crippen molar-refractivity contribution in [2.24, 2.45) is 0 Å². The standard InChI is InChI=1S/C14H22N2O/c1-15(2)14-4-3-9-16(10-14)13-7-5-12(11-17)6-8-13/h5-8,14,17H,3-4,9-11H2,1-2H3. The Hall–Kier alpha value is -1.06. The van der Waals surface area contributed by atoms with E-state index in [0.29, 0.717) is 6.04 Å². The Balaban J connectivity index is 2.05. The number of benzene rings is 1. The van der Waals surface area contributed by atoms with E-state index in [0.717, 1.165) is 18.7 Å². The molecule has 1 aromatic carbocycles. The molecule has 0 bridgehead atoms. The topological polar surface area (TPSA) is 26.7 Å². The lowest BCUT2D eigenvalue weighted by atomic mass is 10.0. The van der Waals surface area contributed by atoms with Gasteiger partial charge in [-0.05, 0) is 44.6 Å². The van der Waals surface area contributed by atoms with E-state index in [1.807, 2.05) is 12.1 Å². The van der Waals surface area contributed by atoms with Gasteiger partial charge in [0, 0.05) is 24.8 Å². The van der Waals surface area contributed by atoms with Crippen LogP contribution in [0.5, 0.6) is 0 Å². The first kappa shape index (κ1) is 12.4. The molecule has 1 fully saturated rings. The molecule has 0 radical (unpaired) electrons. The van der Waals surface area contributed by atoms with Crippen molar-refractivity contribution in [3.05, 3.63) is 29.8 Å². The third kappa shape index (κ3) is 2.99. The fraction of sp³-hybridized carbons (Fsp3) is 0.571. The maximum atomic E-state index is 9.03. The van der Waals surface area contributed by atoms with Gasteiger partial charge < -0.3 is 14.9 Å². The number of likely N-dealkylation sites (N-methyl/N-ethyl adjacent to an activating group) is 1. The van der Waals surface area contributed by atoms with Gasteiger partial charge in [0.05, 0.1) is 6.61 Å². The van der Waals surface area contributed by atoms with Crippen molar-refractivity contribution in [3.8, 4) is 0 Å². The first-order valence-corrected chi connectivity index (χ1v) is 6.32. The van der Waals surface area contributed by atoms with Crippen LogP contribution in [0.2, 0.25) is 0 Å². The molecule has 3 nitrogen and oxygen atoms in total. The van der Waals surface area contributed by atoms with Crippen LogP contribution in [0.3, 0.4) is 0 Å². The number of anilines is 1. The average molecular weight is 234 g/mol. The van der Waals surface area contributed by atoms with E-state index < -0.39 is 0 Å². The van der Waals surface area contributed by atoms with Gasteiger partial charge in [-0.25, -0.2) is 0 Å². The van der Waals surface area contributed by atoms with Crippen LogP contribution in [-0.4, -0.2) is 43.2 Å². The van der Waals surface area contributed by atoms with Crippen molar-refractivity contribution in [2.45, 2.75) is 25.5 Å². The molecule has 1 atom stereocenters. The third-order valence-corrected chi connectivity index (χ3v) is 3.61. The highest BCUT2D eigenvalue weighted by Gasteiger charge is 2.21. The molecule has 2 rings (SSSR count). The van der Waals surface area contributed by atoms with Crippen LogP contribution < -0.4 is 4.90 Å². The van der Waals surface area contributed by atoms with Gasteiger partial charge in [-0.15, -0.1) is 0 Å². The van der Waals surface area contributed by atoms with Gasteiger partial charge in [0.1, 0.15) is 0 Å². The highest BCUT2D eigenvalue weighted by molar-refractivity contribution is 5.48. The normalized spacial score (nSPS) is 20.9. The lowest BCUT2D eigenvalue weighted by Crippen LogP contribution is -2.45. The van der Waals surface area contributed by atoms with Gasteiger partial charge >= 0.3 is 0 Å². The second-order valence-corrected chi connectivity index (χ2v) is 5.03. The summed E-state index contributed by atoms with van der Waals surface area (Å²) in [5, 5.41) is 9.03. The van der Waals surface area contributed by atoms with E-state index in [1.54, 1.807) is 0 Å². The Kier molecular flexibility index (Phi) is 4.02. The molecular weight excluding hydrogens is 212 g/mol. The Labute approximate surface area is 104 Å². The summed E-state index contributed by atoms with van der Waals surface area (Å²) in [4.78, 5) is 4.75. The minimum absolute atomic E-state index is 0.126. The summed E-state index contributed by atoms with van der Waals surface area (Å²) in [7, 11) is 4.31. The number of aliphatic hydroxyl groups excluding tert-OH is 1. The maximum Gasteiger partial charge on any atom is 0.0681 e. The molecule has 1 N–H and O–H groups in total. The van der Waals surface area contributed by atoms with Gasteiger partial charge in [0.15, 0.2) is 0 Å². The van der Waals surface area contributed by atoms with E-state index >= 15 is 0 Å². The van der Waals surface area contributed by atoms with Crippen LogP contribution >= 0.6 is 0 Å².